The average molecular weight is 270 g/mol. The van der Waals surface area contributed by atoms with Crippen molar-refractivity contribution in [2.75, 3.05) is 6.61 Å². The van der Waals surface area contributed by atoms with Gasteiger partial charge in [-0.3, -0.25) is 14.6 Å². The van der Waals surface area contributed by atoms with E-state index in [2.05, 4.69) is 4.52 Å². The van der Waals surface area contributed by atoms with Gasteiger partial charge in [-0.05, 0) is 5.56 Å². The molecular weight excluding hydrogens is 258 g/mol. The summed E-state index contributed by atoms with van der Waals surface area (Å²) in [7, 11) is -4.87. The van der Waals surface area contributed by atoms with Crippen molar-refractivity contribution in [3.8, 4) is 0 Å². The van der Waals surface area contributed by atoms with Gasteiger partial charge in [-0.15, -0.1) is 0 Å². The van der Waals surface area contributed by atoms with E-state index >= 15 is 0 Å². The fourth-order valence-corrected chi connectivity index (χ4v) is 1.54. The second-order valence-corrected chi connectivity index (χ2v) is 4.21. The third-order valence-electron chi connectivity index (χ3n) is 1.88. The van der Waals surface area contributed by atoms with Crippen molar-refractivity contribution in [3.05, 3.63) is 35.9 Å². The first-order valence-corrected chi connectivity index (χ1v) is 5.92. The van der Waals surface area contributed by atoms with E-state index in [9.17, 15) is 9.36 Å². The van der Waals surface area contributed by atoms with Crippen LogP contribution < -0.4 is 0 Å². The van der Waals surface area contributed by atoms with Gasteiger partial charge in [0.15, 0.2) is 0 Å². The number of hydrogen-bond acceptors (Lipinski definition) is 4. The van der Waals surface area contributed by atoms with Crippen molar-refractivity contribution in [2.45, 2.75) is 5.92 Å². The molecule has 90 valence electrons. The first kappa shape index (κ1) is 16.8. The van der Waals surface area contributed by atoms with Crippen LogP contribution >= 0.6 is 7.82 Å². The minimum atomic E-state index is -4.87. The number of phosphoric acid groups is 1. The molecule has 0 aliphatic carbocycles. The summed E-state index contributed by atoms with van der Waals surface area (Å²) in [4.78, 5) is 28.2. The molecule has 0 spiro atoms. The summed E-state index contributed by atoms with van der Waals surface area (Å²) in [6, 6.07) is 8.11. The zero-order valence-electron chi connectivity index (χ0n) is 8.18. The van der Waals surface area contributed by atoms with E-state index in [1.807, 2.05) is 0 Å². The fourth-order valence-electron chi connectivity index (χ4n) is 1.18. The van der Waals surface area contributed by atoms with Crippen LogP contribution in [0.4, 0.5) is 0 Å². The Hall–Kier alpha value is -0.200. The van der Waals surface area contributed by atoms with Gasteiger partial charge in [0.2, 0.25) is 0 Å². The summed E-state index contributed by atoms with van der Waals surface area (Å²) < 4.78 is 14.4. The van der Waals surface area contributed by atoms with E-state index in [4.69, 9.17) is 14.9 Å². The molecule has 1 aromatic rings. The molecule has 17 heavy (non-hydrogen) atoms. The molecule has 0 heterocycles. The van der Waals surface area contributed by atoms with Crippen LogP contribution in [0.15, 0.2) is 30.3 Å². The minimum absolute atomic E-state index is 0. The van der Waals surface area contributed by atoms with Gasteiger partial charge in [0.25, 0.3) is 0 Å². The van der Waals surface area contributed by atoms with Gasteiger partial charge in [0, 0.05) is 0 Å². The van der Waals surface area contributed by atoms with Crippen molar-refractivity contribution in [1.82, 2.24) is 0 Å². The topological polar surface area (TPSA) is 104 Å². The molecule has 0 aromatic heterocycles. The Morgan fingerprint density at radius 1 is 1.29 bits per heavy atom. The Morgan fingerprint density at radius 2 is 1.82 bits per heavy atom. The molecule has 0 bridgehead atoms. The second kappa shape index (κ2) is 7.28. The second-order valence-electron chi connectivity index (χ2n) is 3.05. The molecule has 1 aromatic carbocycles. The summed E-state index contributed by atoms with van der Waals surface area (Å²) in [6.07, 6.45) is 0. The molecule has 3 N–H and O–H groups in total. The van der Waals surface area contributed by atoms with Crippen LogP contribution in [0.5, 0.6) is 0 Å². The van der Waals surface area contributed by atoms with Gasteiger partial charge in [-0.2, -0.15) is 0 Å². The summed E-state index contributed by atoms with van der Waals surface area (Å²) in [5.41, 5.74) is 0.434. The molecule has 0 aliphatic heterocycles. The molecule has 0 saturated carbocycles. The predicted molar refractivity (Wildman–Crippen MR) is 61.6 cm³/mol. The summed E-state index contributed by atoms with van der Waals surface area (Å²) in [6.45, 7) is -0.581. The van der Waals surface area contributed by atoms with Crippen LogP contribution in [0.3, 0.4) is 0 Å². The molecule has 0 saturated heterocycles. The average Bonchev–Trinajstić information content (AvgIpc) is 2.17. The third-order valence-corrected chi connectivity index (χ3v) is 2.30. The van der Waals surface area contributed by atoms with Gasteiger partial charge < -0.3 is 9.63 Å². The number of phosphoric ester groups is 1. The number of aliphatic hydroxyl groups is 1. The predicted octanol–water partition coefficient (Wildman–Crippen LogP) is -0.250. The number of carbonyl (C=O) groups is 1. The van der Waals surface area contributed by atoms with Gasteiger partial charge in [0.05, 0.1) is 6.61 Å². The number of benzene rings is 1. The summed E-state index contributed by atoms with van der Waals surface area (Å²) >= 11 is 0. The zero-order chi connectivity index (χ0) is 12.2. The van der Waals surface area contributed by atoms with E-state index in [0.29, 0.717) is 5.56 Å². The van der Waals surface area contributed by atoms with E-state index in [1.54, 1.807) is 30.3 Å². The molecule has 0 fully saturated rings. The molecule has 8 heteroatoms. The Morgan fingerprint density at radius 3 is 2.24 bits per heavy atom. The Kier molecular flexibility index (Phi) is 7.20. The number of rotatable bonds is 4. The van der Waals surface area contributed by atoms with E-state index < -0.39 is 26.3 Å². The zero-order valence-corrected chi connectivity index (χ0v) is 9.08. The van der Waals surface area contributed by atoms with Crippen molar-refractivity contribution < 1.29 is 28.8 Å². The van der Waals surface area contributed by atoms with Gasteiger partial charge in [0.1, 0.15) is 5.92 Å². The van der Waals surface area contributed by atoms with Crippen molar-refractivity contribution in [1.29, 1.82) is 0 Å². The van der Waals surface area contributed by atoms with Crippen LogP contribution in [0, 0.1) is 0 Å². The summed E-state index contributed by atoms with van der Waals surface area (Å²) in [5.74, 6) is -2.24. The van der Waals surface area contributed by atoms with Gasteiger partial charge >= 0.3 is 43.3 Å². The molecule has 0 aliphatic rings. The maximum absolute atomic E-state index is 11.3. The van der Waals surface area contributed by atoms with Crippen molar-refractivity contribution >= 4 is 43.3 Å². The summed E-state index contributed by atoms with van der Waals surface area (Å²) in [5, 5.41) is 8.99. The van der Waals surface area contributed by atoms with Crippen molar-refractivity contribution in [2.24, 2.45) is 0 Å². The SMILES string of the molecule is O=C(OP(=O)(O)O)C(CO)c1ccccc1.[NaH]. The standard InChI is InChI=1S/C9H11O6P.Na.H/c10-6-8(7-4-2-1-3-5-7)9(11)15-16(12,13)14;;/h1-5,8,10H,6H2,(H2,12,13,14);;. The monoisotopic (exact) mass is 270 g/mol. The number of carbonyl (C=O) groups excluding carboxylic acids is 1. The molecule has 1 rings (SSSR count). The molecule has 1 unspecified atom stereocenters. The fraction of sp³-hybridized carbons (Fsp3) is 0.222. The van der Waals surface area contributed by atoms with E-state index in [1.165, 1.54) is 0 Å². The van der Waals surface area contributed by atoms with Gasteiger partial charge in [-0.25, -0.2) is 4.57 Å². The maximum atomic E-state index is 11.3. The molecule has 0 radical (unpaired) electrons. The van der Waals surface area contributed by atoms with E-state index in [0.717, 1.165) is 0 Å². The van der Waals surface area contributed by atoms with Crippen LogP contribution in [-0.4, -0.2) is 57.0 Å². The Balaban J connectivity index is 0.00000256. The van der Waals surface area contributed by atoms with Crippen LogP contribution in [-0.2, 0) is 13.9 Å². The van der Waals surface area contributed by atoms with E-state index in [-0.39, 0.29) is 29.6 Å². The number of hydrogen-bond donors (Lipinski definition) is 3. The first-order valence-electron chi connectivity index (χ1n) is 4.39. The van der Waals surface area contributed by atoms with Gasteiger partial charge in [-0.1, -0.05) is 30.3 Å². The van der Waals surface area contributed by atoms with Crippen LogP contribution in [0.2, 0.25) is 0 Å². The quantitative estimate of drug-likeness (QED) is 0.515. The Labute approximate surface area is 120 Å². The third kappa shape index (κ3) is 5.79. The number of aliphatic hydroxyl groups excluding tert-OH is 1. The normalized spacial score (nSPS) is 12.4. The van der Waals surface area contributed by atoms with Crippen LogP contribution in [0.1, 0.15) is 11.5 Å². The first-order chi connectivity index (χ1) is 7.44. The van der Waals surface area contributed by atoms with Crippen molar-refractivity contribution in [3.63, 3.8) is 0 Å². The molecule has 6 nitrogen and oxygen atoms in total. The molecular formula is C9H12NaO6P. The molecule has 1 atom stereocenters. The Bertz CT molecular complexity index is 403. The van der Waals surface area contributed by atoms with Crippen LogP contribution in [0.25, 0.3) is 0 Å². The molecule has 0 amide bonds.